The van der Waals surface area contributed by atoms with E-state index in [-0.39, 0.29) is 11.8 Å². The van der Waals surface area contributed by atoms with Crippen LogP contribution in [-0.2, 0) is 14.4 Å². The summed E-state index contributed by atoms with van der Waals surface area (Å²) >= 11 is 0. The number of carbonyl (C=O) groups is 2. The molecule has 5 rings (SSSR count). The maximum atomic E-state index is 13.8. The first-order valence-corrected chi connectivity index (χ1v) is 10.1. The summed E-state index contributed by atoms with van der Waals surface area (Å²) in [5.74, 6) is 0.0138. The summed E-state index contributed by atoms with van der Waals surface area (Å²) in [5.41, 5.74) is 1.12. The number of anilines is 2. The van der Waals surface area contributed by atoms with Crippen molar-refractivity contribution in [3.8, 4) is 5.75 Å². The Hall–Kier alpha value is -3.64. The van der Waals surface area contributed by atoms with Gasteiger partial charge in [-0.05, 0) is 48.9 Å². The number of para-hydroxylation sites is 1. The van der Waals surface area contributed by atoms with Crippen molar-refractivity contribution in [2.75, 3.05) is 17.1 Å². The Morgan fingerprint density at radius 2 is 1.45 bits per heavy atom. The van der Waals surface area contributed by atoms with E-state index in [0.717, 1.165) is 11.3 Å². The summed E-state index contributed by atoms with van der Waals surface area (Å²) in [7, 11) is 1.57. The molecule has 2 heterocycles. The molecule has 0 saturated carbocycles. The number of methoxy groups -OCH3 is 1. The van der Waals surface area contributed by atoms with Crippen molar-refractivity contribution in [2.45, 2.75) is 19.1 Å². The lowest BCUT2D eigenvalue weighted by Gasteiger charge is -2.32. The fourth-order valence-corrected chi connectivity index (χ4v) is 4.54. The monoisotopic (exact) mass is 414 g/mol. The lowest BCUT2D eigenvalue weighted by atomic mass is 9.76. The molecular formula is C25H22N2O4. The molecule has 3 aromatic rings. The van der Waals surface area contributed by atoms with Gasteiger partial charge < -0.3 is 4.74 Å². The highest BCUT2D eigenvalue weighted by Gasteiger charge is 2.68. The van der Waals surface area contributed by atoms with Crippen LogP contribution in [0.15, 0.2) is 84.9 Å². The van der Waals surface area contributed by atoms with Crippen LogP contribution in [0.2, 0.25) is 0 Å². The molecule has 2 amide bonds. The van der Waals surface area contributed by atoms with Gasteiger partial charge in [0.05, 0.1) is 24.5 Å². The Balaban J connectivity index is 1.61. The molecule has 156 valence electrons. The van der Waals surface area contributed by atoms with Crippen LogP contribution in [0.5, 0.6) is 5.75 Å². The number of fused-ring (bicyclic) bond motifs is 1. The first-order valence-electron chi connectivity index (χ1n) is 10.1. The van der Waals surface area contributed by atoms with E-state index in [0.29, 0.717) is 11.4 Å². The Morgan fingerprint density at radius 1 is 0.839 bits per heavy atom. The van der Waals surface area contributed by atoms with Crippen molar-refractivity contribution >= 4 is 23.2 Å². The number of nitrogens with zero attached hydrogens (tertiary/aromatic N) is 2. The third-order valence-electron chi connectivity index (χ3n) is 6.13. The van der Waals surface area contributed by atoms with Gasteiger partial charge in [-0.25, -0.2) is 9.96 Å². The van der Waals surface area contributed by atoms with Crippen molar-refractivity contribution < 1.29 is 19.2 Å². The van der Waals surface area contributed by atoms with Crippen LogP contribution in [0.25, 0.3) is 0 Å². The second-order valence-corrected chi connectivity index (χ2v) is 7.92. The number of rotatable bonds is 4. The molecule has 0 spiro atoms. The van der Waals surface area contributed by atoms with Crippen LogP contribution < -0.4 is 14.7 Å². The zero-order chi connectivity index (χ0) is 21.6. The van der Waals surface area contributed by atoms with Gasteiger partial charge in [-0.3, -0.25) is 14.4 Å². The molecule has 0 aliphatic carbocycles. The summed E-state index contributed by atoms with van der Waals surface area (Å²) in [6.07, 6.45) is -0.924. The standard InChI is InChI=1S/C25H22N2O4/c1-25-21(17-9-5-3-6-10-17)27(19-11-7-4-8-12-19)31-22(25)23(28)26(24(25)29)18-13-15-20(30-2)16-14-18/h3-16,21-22H,1-2H3/t21-,22+,25-/m1/s1. The summed E-state index contributed by atoms with van der Waals surface area (Å²) in [5, 5.41) is 1.71. The summed E-state index contributed by atoms with van der Waals surface area (Å²) in [6, 6.07) is 25.7. The van der Waals surface area contributed by atoms with E-state index in [1.807, 2.05) is 67.6 Å². The number of benzene rings is 3. The van der Waals surface area contributed by atoms with Gasteiger partial charge >= 0.3 is 0 Å². The van der Waals surface area contributed by atoms with Gasteiger partial charge in [0.15, 0.2) is 6.10 Å². The fourth-order valence-electron chi connectivity index (χ4n) is 4.54. The fraction of sp³-hybridized carbons (Fsp3) is 0.200. The second kappa shape index (κ2) is 7.25. The van der Waals surface area contributed by atoms with Gasteiger partial charge in [0, 0.05) is 0 Å². The van der Waals surface area contributed by atoms with E-state index in [2.05, 4.69) is 0 Å². The normalized spacial score (nSPS) is 25.1. The predicted octanol–water partition coefficient (Wildman–Crippen LogP) is 4.14. The first-order chi connectivity index (χ1) is 15.1. The molecule has 3 atom stereocenters. The van der Waals surface area contributed by atoms with Crippen molar-refractivity contribution in [1.82, 2.24) is 0 Å². The number of imide groups is 1. The molecular weight excluding hydrogens is 392 g/mol. The molecule has 0 unspecified atom stereocenters. The van der Waals surface area contributed by atoms with Crippen molar-refractivity contribution in [3.63, 3.8) is 0 Å². The largest absolute Gasteiger partial charge is 0.497 e. The topological polar surface area (TPSA) is 59.1 Å². The maximum absolute atomic E-state index is 13.8. The smallest absolute Gasteiger partial charge is 0.266 e. The van der Waals surface area contributed by atoms with Crippen LogP contribution in [-0.4, -0.2) is 25.0 Å². The number of ether oxygens (including phenoxy) is 1. The predicted molar refractivity (Wildman–Crippen MR) is 117 cm³/mol. The highest BCUT2D eigenvalue weighted by Crippen LogP contribution is 2.55. The Kier molecular flexibility index (Phi) is 4.52. The van der Waals surface area contributed by atoms with Gasteiger partial charge in [-0.15, -0.1) is 0 Å². The Labute approximate surface area is 180 Å². The number of hydrogen-bond donors (Lipinski definition) is 0. The molecule has 0 aromatic heterocycles. The van der Waals surface area contributed by atoms with Gasteiger partial charge in [0.1, 0.15) is 11.2 Å². The van der Waals surface area contributed by atoms with Crippen LogP contribution in [0.1, 0.15) is 18.5 Å². The lowest BCUT2D eigenvalue weighted by Crippen LogP contribution is -2.41. The molecule has 0 N–H and O–H groups in total. The highest BCUT2D eigenvalue weighted by molar-refractivity contribution is 6.25. The molecule has 3 aromatic carbocycles. The average molecular weight is 414 g/mol. The summed E-state index contributed by atoms with van der Waals surface area (Å²) in [6.45, 7) is 1.82. The van der Waals surface area contributed by atoms with Crippen LogP contribution in [0.3, 0.4) is 0 Å². The van der Waals surface area contributed by atoms with Crippen LogP contribution >= 0.6 is 0 Å². The molecule has 2 aliphatic rings. The zero-order valence-corrected chi connectivity index (χ0v) is 17.3. The minimum absolute atomic E-state index is 0.278. The van der Waals surface area contributed by atoms with E-state index < -0.39 is 17.6 Å². The van der Waals surface area contributed by atoms with Gasteiger partial charge in [0.25, 0.3) is 5.91 Å². The molecule has 2 saturated heterocycles. The summed E-state index contributed by atoms with van der Waals surface area (Å²) < 4.78 is 5.20. The van der Waals surface area contributed by atoms with E-state index in [1.165, 1.54) is 4.90 Å². The van der Waals surface area contributed by atoms with Crippen LogP contribution in [0.4, 0.5) is 11.4 Å². The zero-order valence-electron chi connectivity index (χ0n) is 17.3. The highest BCUT2D eigenvalue weighted by atomic mass is 16.7. The van der Waals surface area contributed by atoms with Gasteiger partial charge in [-0.1, -0.05) is 48.5 Å². The molecule has 0 radical (unpaired) electrons. The molecule has 0 bridgehead atoms. The first kappa shape index (κ1) is 19.3. The number of hydrogen-bond acceptors (Lipinski definition) is 5. The van der Waals surface area contributed by atoms with Gasteiger partial charge in [-0.2, -0.15) is 0 Å². The quantitative estimate of drug-likeness (QED) is 0.601. The molecule has 6 heteroatoms. The molecule has 2 fully saturated rings. The average Bonchev–Trinajstić information content (AvgIpc) is 3.23. The van der Waals surface area contributed by atoms with Crippen molar-refractivity contribution in [1.29, 1.82) is 0 Å². The molecule has 6 nitrogen and oxygen atoms in total. The van der Waals surface area contributed by atoms with E-state index in [1.54, 1.807) is 36.4 Å². The SMILES string of the molecule is COc1ccc(N2C(=O)[C@@H]3ON(c4ccccc4)[C@H](c4ccccc4)[C@@]3(C)C2=O)cc1. The van der Waals surface area contributed by atoms with E-state index in [4.69, 9.17) is 9.57 Å². The minimum Gasteiger partial charge on any atom is -0.497 e. The second-order valence-electron chi connectivity index (χ2n) is 7.92. The van der Waals surface area contributed by atoms with Gasteiger partial charge in [0.2, 0.25) is 5.91 Å². The molecule has 2 aliphatic heterocycles. The number of amides is 2. The Bertz CT molecular complexity index is 1120. The maximum Gasteiger partial charge on any atom is 0.266 e. The third kappa shape index (κ3) is 2.83. The Morgan fingerprint density at radius 3 is 2.06 bits per heavy atom. The van der Waals surface area contributed by atoms with E-state index >= 15 is 0 Å². The lowest BCUT2D eigenvalue weighted by molar-refractivity contribution is -0.128. The summed E-state index contributed by atoms with van der Waals surface area (Å²) in [4.78, 5) is 34.7. The van der Waals surface area contributed by atoms with Crippen molar-refractivity contribution in [3.05, 3.63) is 90.5 Å². The third-order valence-corrected chi connectivity index (χ3v) is 6.13. The number of hydroxylamine groups is 1. The number of carbonyl (C=O) groups excluding carboxylic acids is 2. The van der Waals surface area contributed by atoms with Crippen LogP contribution in [0, 0.1) is 5.41 Å². The van der Waals surface area contributed by atoms with Crippen molar-refractivity contribution in [2.24, 2.45) is 5.41 Å². The minimum atomic E-state index is -1.09. The van der Waals surface area contributed by atoms with E-state index in [9.17, 15) is 9.59 Å². The molecule has 31 heavy (non-hydrogen) atoms.